The van der Waals surface area contributed by atoms with E-state index in [2.05, 4.69) is 15.9 Å². The molecule has 5 aromatic rings. The van der Waals surface area contributed by atoms with E-state index in [1.165, 1.54) is 16.9 Å². The van der Waals surface area contributed by atoms with Crippen LogP contribution in [0.15, 0.2) is 76.8 Å². The van der Waals surface area contributed by atoms with E-state index in [0.29, 0.717) is 39.4 Å². The third kappa shape index (κ3) is 5.60. The lowest BCUT2D eigenvalue weighted by molar-refractivity contribution is -0.140. The van der Waals surface area contributed by atoms with Crippen molar-refractivity contribution in [3.05, 3.63) is 98.5 Å². The number of carbonyl (C=O) groups is 4. The van der Waals surface area contributed by atoms with Crippen LogP contribution < -0.4 is 9.64 Å². The number of imide groups is 2. The molecule has 4 heterocycles. The first kappa shape index (κ1) is 37.6. The molecule has 2 N–H and O–H groups in total. The summed E-state index contributed by atoms with van der Waals surface area (Å²) >= 11 is 11.4. The number of methoxy groups -OCH3 is 1. The number of aromatic nitrogens is 2. The third-order valence-electron chi connectivity index (χ3n) is 12.7. The van der Waals surface area contributed by atoms with Crippen LogP contribution in [0.1, 0.15) is 42.4 Å². The molecule has 2 aromatic heterocycles. The molecule has 1 saturated carbocycles. The number of carbonyl (C=O) groups excluding carboxylic acids is 4. The molecule has 0 unspecified atom stereocenters. The molecule has 14 heteroatoms. The molecule has 2 aliphatic heterocycles. The fourth-order valence-corrected chi connectivity index (χ4v) is 11.7. The Morgan fingerprint density at radius 1 is 1.00 bits per heavy atom. The van der Waals surface area contributed by atoms with Crippen molar-refractivity contribution in [1.82, 2.24) is 14.7 Å². The highest BCUT2D eigenvalue weighted by Crippen LogP contribution is 2.64. The second kappa shape index (κ2) is 13.6. The van der Waals surface area contributed by atoms with E-state index in [9.17, 15) is 24.6 Å². The Bertz CT molecular complexity index is 2600. The Morgan fingerprint density at radius 3 is 2.49 bits per heavy atom. The number of hydrogen-bond acceptors (Lipinski definition) is 9. The van der Waals surface area contributed by atoms with E-state index in [1.807, 2.05) is 38.1 Å². The van der Waals surface area contributed by atoms with Crippen LogP contribution in [-0.4, -0.2) is 62.2 Å². The molecule has 11 nitrogen and oxygen atoms in total. The molecule has 0 bridgehead atoms. The molecular weight excluding hydrogens is 832 g/mol. The molecule has 2 aliphatic carbocycles. The number of aryl methyl sites for hydroxylation is 2. The first-order chi connectivity index (χ1) is 27.2. The lowest BCUT2D eigenvalue weighted by Gasteiger charge is -2.49. The molecule has 3 aromatic carbocycles. The second-order valence-corrected chi connectivity index (χ2v) is 18.0. The smallest absolute Gasteiger partial charge is 0.242 e. The van der Waals surface area contributed by atoms with Crippen molar-refractivity contribution in [3.63, 3.8) is 0 Å². The molecule has 9 rings (SSSR count). The maximum absolute atomic E-state index is 15.2. The van der Waals surface area contributed by atoms with Gasteiger partial charge in [-0.25, -0.2) is 4.90 Å². The van der Waals surface area contributed by atoms with Gasteiger partial charge in [0.25, 0.3) is 0 Å². The van der Waals surface area contributed by atoms with E-state index >= 15 is 4.79 Å². The van der Waals surface area contributed by atoms with Crippen LogP contribution in [0.3, 0.4) is 0 Å². The standard InChI is InChI=1S/C43H38BrClN4O7S/c1-20-27-17-23(45)7-12-33(27)57-38(20)31-19-34(47(3)46-31)49-40(53)29-18-28-25(36(43(29,2)42(49)55)22-15-30(44)37(51)32(16-22)56-4)10-11-26-35(28)41(54)48(39(26)52)14-13-21-5-8-24(50)9-6-21/h5-10,12,15-17,19,26,28-29,35-36,50-51H,11,13-14,18H2,1-4H3/t26-,28+,29-,35-,36-,43+/m0/s1. The van der Waals surface area contributed by atoms with Gasteiger partial charge in [-0.15, -0.1) is 11.3 Å². The Balaban J connectivity index is 1.12. The number of benzene rings is 3. The van der Waals surface area contributed by atoms with Gasteiger partial charge in [-0.2, -0.15) is 5.10 Å². The average Bonchev–Trinajstić information content (AvgIpc) is 3.85. The van der Waals surface area contributed by atoms with Crippen molar-refractivity contribution in [3.8, 4) is 27.8 Å². The number of thiophene rings is 1. The van der Waals surface area contributed by atoms with E-state index in [0.717, 1.165) is 31.7 Å². The molecular formula is C43H38BrClN4O7S. The first-order valence-electron chi connectivity index (χ1n) is 18.7. The van der Waals surface area contributed by atoms with Crippen LogP contribution in [0.5, 0.6) is 17.2 Å². The number of rotatable bonds is 7. The van der Waals surface area contributed by atoms with Gasteiger partial charge >= 0.3 is 0 Å². The fourth-order valence-electron chi connectivity index (χ4n) is 9.93. The summed E-state index contributed by atoms with van der Waals surface area (Å²) in [6.45, 7) is 4.01. The maximum Gasteiger partial charge on any atom is 0.242 e. The van der Waals surface area contributed by atoms with Gasteiger partial charge in [0.2, 0.25) is 23.6 Å². The third-order valence-corrected chi connectivity index (χ3v) is 14.9. The monoisotopic (exact) mass is 868 g/mol. The quantitative estimate of drug-likeness (QED) is 0.124. The second-order valence-electron chi connectivity index (χ2n) is 15.7. The SMILES string of the molecule is COc1cc([C@H]2C3=CC[C@@H]4C(=O)N(CCc5ccc(O)cc5)C(=O)[C@@H]4[C@@H]3C[C@H]3C(=O)N(c4cc(-c5sc6ccc(Cl)cc6c5C)nn4C)C(=O)[C@@]23C)cc(Br)c1O. The van der Waals surface area contributed by atoms with Crippen molar-refractivity contribution in [2.45, 2.75) is 39.0 Å². The summed E-state index contributed by atoms with van der Waals surface area (Å²) < 4.78 is 8.51. The number of anilines is 1. The normalized spacial score (nSPS) is 25.6. The van der Waals surface area contributed by atoms with Crippen LogP contribution in [0.2, 0.25) is 5.02 Å². The molecule has 4 amide bonds. The van der Waals surface area contributed by atoms with E-state index in [4.69, 9.17) is 21.4 Å². The number of nitrogens with zero attached hydrogens (tertiary/aromatic N) is 4. The van der Waals surface area contributed by atoms with Crippen LogP contribution in [0.25, 0.3) is 20.7 Å². The summed E-state index contributed by atoms with van der Waals surface area (Å²) in [5, 5.41) is 27.0. The summed E-state index contributed by atoms with van der Waals surface area (Å²) in [5.74, 6) is -4.14. The van der Waals surface area contributed by atoms with Crippen molar-refractivity contribution < 1.29 is 34.1 Å². The lowest BCUT2D eigenvalue weighted by atomic mass is 9.51. The summed E-state index contributed by atoms with van der Waals surface area (Å²) in [5.41, 5.74) is 2.63. The molecule has 2 saturated heterocycles. The first-order valence-corrected chi connectivity index (χ1v) is 20.7. The number of amides is 4. The number of phenolic OH excluding ortho intramolecular Hbond substituents is 2. The van der Waals surface area contributed by atoms with Crippen LogP contribution in [0.4, 0.5) is 5.82 Å². The van der Waals surface area contributed by atoms with Crippen LogP contribution >= 0.6 is 38.9 Å². The number of likely N-dealkylation sites (tertiary alicyclic amines) is 1. The number of phenols is 2. The zero-order valence-corrected chi connectivity index (χ0v) is 34.6. The summed E-state index contributed by atoms with van der Waals surface area (Å²) in [4.78, 5) is 62.0. The summed E-state index contributed by atoms with van der Waals surface area (Å²) in [6.07, 6.45) is 2.93. The minimum absolute atomic E-state index is 0.106. The number of fused-ring (bicyclic) bond motifs is 5. The predicted molar refractivity (Wildman–Crippen MR) is 219 cm³/mol. The van der Waals surface area contributed by atoms with Gasteiger partial charge < -0.3 is 14.9 Å². The van der Waals surface area contributed by atoms with Crippen molar-refractivity contribution >= 4 is 78.4 Å². The molecule has 0 spiro atoms. The molecule has 4 aliphatic rings. The van der Waals surface area contributed by atoms with Gasteiger partial charge in [0.1, 0.15) is 17.3 Å². The van der Waals surface area contributed by atoms with Gasteiger partial charge in [-0.1, -0.05) is 35.4 Å². The summed E-state index contributed by atoms with van der Waals surface area (Å²) in [6, 6.07) is 17.6. The molecule has 57 heavy (non-hydrogen) atoms. The van der Waals surface area contributed by atoms with Crippen molar-refractivity contribution in [1.29, 1.82) is 0 Å². The van der Waals surface area contributed by atoms with E-state index < -0.39 is 46.8 Å². The van der Waals surface area contributed by atoms with Gasteiger partial charge in [-0.3, -0.25) is 28.8 Å². The van der Waals surface area contributed by atoms with E-state index in [1.54, 1.807) is 65.5 Å². The number of hydrogen-bond donors (Lipinski definition) is 2. The molecule has 0 radical (unpaired) electrons. The van der Waals surface area contributed by atoms with Gasteiger partial charge in [0.15, 0.2) is 11.5 Å². The van der Waals surface area contributed by atoms with E-state index in [-0.39, 0.29) is 42.0 Å². The molecule has 3 fully saturated rings. The highest BCUT2D eigenvalue weighted by molar-refractivity contribution is 9.10. The van der Waals surface area contributed by atoms with Crippen molar-refractivity contribution in [2.75, 3.05) is 18.6 Å². The maximum atomic E-state index is 15.2. The Kier molecular flexibility index (Phi) is 8.94. The van der Waals surface area contributed by atoms with Gasteiger partial charge in [0.05, 0.1) is 39.6 Å². The zero-order chi connectivity index (χ0) is 40.2. The van der Waals surface area contributed by atoms with Gasteiger partial charge in [0, 0.05) is 35.3 Å². The Labute approximate surface area is 345 Å². The Morgan fingerprint density at radius 2 is 1.75 bits per heavy atom. The minimum Gasteiger partial charge on any atom is -0.508 e. The lowest BCUT2D eigenvalue weighted by Crippen LogP contribution is -2.49. The largest absolute Gasteiger partial charge is 0.508 e. The zero-order valence-electron chi connectivity index (χ0n) is 31.5. The number of halogens is 2. The highest BCUT2D eigenvalue weighted by atomic mass is 79.9. The summed E-state index contributed by atoms with van der Waals surface area (Å²) in [7, 11) is 3.16. The predicted octanol–water partition coefficient (Wildman–Crippen LogP) is 7.92. The number of aromatic hydroxyl groups is 2. The highest BCUT2D eigenvalue weighted by Gasteiger charge is 2.68. The van der Waals surface area contributed by atoms with Crippen molar-refractivity contribution in [2.24, 2.45) is 36.1 Å². The van der Waals surface area contributed by atoms with Gasteiger partial charge in [-0.05, 0) is 119 Å². The molecule has 292 valence electrons. The average molecular weight is 870 g/mol. The minimum atomic E-state index is -1.31. The van der Waals surface area contributed by atoms with Crippen LogP contribution in [-0.2, 0) is 32.6 Å². The van der Waals surface area contributed by atoms with Crippen LogP contribution in [0, 0.1) is 36.0 Å². The molecule has 6 atom stereocenters. The number of ether oxygens (including phenoxy) is 1. The Hall–Kier alpha value is -4.98. The fraction of sp³-hybridized carbons (Fsp3) is 0.326. The topological polar surface area (TPSA) is 142 Å². The number of allylic oxidation sites excluding steroid dienone is 2.